The molecule has 2 aromatic carbocycles. The summed E-state index contributed by atoms with van der Waals surface area (Å²) in [4.78, 5) is 40.5. The Labute approximate surface area is 211 Å². The SMILES string of the molecule is COCCC[C@H](O)NC(=O)C1CCCN1C(=O)[C@@H](Cc1ccccc1)NC(=O)OCc1ccccc1. The predicted molar refractivity (Wildman–Crippen MR) is 134 cm³/mol. The van der Waals surface area contributed by atoms with Gasteiger partial charge in [-0.05, 0) is 36.8 Å². The fourth-order valence-corrected chi connectivity index (χ4v) is 4.21. The van der Waals surface area contributed by atoms with E-state index < -0.39 is 30.3 Å². The fourth-order valence-electron chi connectivity index (χ4n) is 4.21. The van der Waals surface area contributed by atoms with Gasteiger partial charge in [-0.15, -0.1) is 0 Å². The number of carbonyl (C=O) groups excluding carboxylic acids is 3. The van der Waals surface area contributed by atoms with Gasteiger partial charge in [0, 0.05) is 26.7 Å². The number of nitrogens with one attached hydrogen (secondary N) is 2. The molecule has 1 aliphatic rings. The smallest absolute Gasteiger partial charge is 0.408 e. The van der Waals surface area contributed by atoms with E-state index in [1.165, 1.54) is 4.90 Å². The number of amides is 3. The second-order valence-corrected chi connectivity index (χ2v) is 8.80. The highest BCUT2D eigenvalue weighted by Gasteiger charge is 2.38. The van der Waals surface area contributed by atoms with Crippen LogP contribution < -0.4 is 10.6 Å². The summed E-state index contributed by atoms with van der Waals surface area (Å²) < 4.78 is 10.3. The Kier molecular flexibility index (Phi) is 10.7. The van der Waals surface area contributed by atoms with E-state index in [1.807, 2.05) is 60.7 Å². The Morgan fingerprint density at radius 2 is 1.69 bits per heavy atom. The number of carbonyl (C=O) groups is 3. The van der Waals surface area contributed by atoms with Gasteiger partial charge in [0.2, 0.25) is 11.8 Å². The van der Waals surface area contributed by atoms with Crippen LogP contribution in [-0.2, 0) is 32.1 Å². The molecule has 9 heteroatoms. The van der Waals surface area contributed by atoms with Gasteiger partial charge in [-0.1, -0.05) is 60.7 Å². The van der Waals surface area contributed by atoms with E-state index in [2.05, 4.69) is 10.6 Å². The highest BCUT2D eigenvalue weighted by atomic mass is 16.5. The molecule has 0 bridgehead atoms. The third kappa shape index (κ3) is 8.35. The van der Waals surface area contributed by atoms with Gasteiger partial charge in [0.1, 0.15) is 24.9 Å². The average molecular weight is 498 g/mol. The number of hydrogen-bond acceptors (Lipinski definition) is 6. The summed E-state index contributed by atoms with van der Waals surface area (Å²) in [5, 5.41) is 15.4. The molecule has 3 N–H and O–H groups in total. The third-order valence-electron chi connectivity index (χ3n) is 6.06. The molecule has 1 aliphatic heterocycles. The molecule has 36 heavy (non-hydrogen) atoms. The molecule has 9 nitrogen and oxygen atoms in total. The van der Waals surface area contributed by atoms with Crippen LogP contribution in [0.5, 0.6) is 0 Å². The van der Waals surface area contributed by atoms with Crippen molar-refractivity contribution in [1.82, 2.24) is 15.5 Å². The van der Waals surface area contributed by atoms with Gasteiger partial charge in [0.05, 0.1) is 0 Å². The van der Waals surface area contributed by atoms with Crippen molar-refractivity contribution in [2.45, 2.75) is 57.0 Å². The summed E-state index contributed by atoms with van der Waals surface area (Å²) >= 11 is 0. The molecule has 0 spiro atoms. The van der Waals surface area contributed by atoms with E-state index in [0.29, 0.717) is 38.8 Å². The topological polar surface area (TPSA) is 117 Å². The molecule has 1 saturated heterocycles. The quantitative estimate of drug-likeness (QED) is 0.306. The fraction of sp³-hybridized carbons (Fsp3) is 0.444. The van der Waals surface area contributed by atoms with Crippen LogP contribution in [0.4, 0.5) is 4.79 Å². The van der Waals surface area contributed by atoms with E-state index in [4.69, 9.17) is 9.47 Å². The van der Waals surface area contributed by atoms with Gasteiger partial charge >= 0.3 is 6.09 Å². The van der Waals surface area contributed by atoms with Crippen molar-refractivity contribution >= 4 is 17.9 Å². The first-order valence-corrected chi connectivity index (χ1v) is 12.3. The third-order valence-corrected chi connectivity index (χ3v) is 6.06. The van der Waals surface area contributed by atoms with Crippen LogP contribution in [0.15, 0.2) is 60.7 Å². The van der Waals surface area contributed by atoms with Crippen LogP contribution >= 0.6 is 0 Å². The van der Waals surface area contributed by atoms with Crippen molar-refractivity contribution in [1.29, 1.82) is 0 Å². The van der Waals surface area contributed by atoms with E-state index in [-0.39, 0.29) is 18.9 Å². The Balaban J connectivity index is 1.65. The predicted octanol–water partition coefficient (Wildman–Crippen LogP) is 2.38. The van der Waals surface area contributed by atoms with Crippen LogP contribution in [0.1, 0.15) is 36.8 Å². The van der Waals surface area contributed by atoms with E-state index in [9.17, 15) is 19.5 Å². The Morgan fingerprint density at radius 3 is 2.36 bits per heavy atom. The number of ether oxygens (including phenoxy) is 2. The highest BCUT2D eigenvalue weighted by Crippen LogP contribution is 2.20. The summed E-state index contributed by atoms with van der Waals surface area (Å²) in [6.45, 7) is 0.950. The van der Waals surface area contributed by atoms with Crippen molar-refractivity contribution in [3.8, 4) is 0 Å². The first kappa shape index (κ1) is 27.2. The molecule has 1 unspecified atom stereocenters. The molecule has 2 aromatic rings. The standard InChI is InChI=1S/C27H35N3O6/c1-35-17-9-15-24(31)29-25(32)23-14-8-16-30(23)26(33)22(18-20-10-4-2-5-11-20)28-27(34)36-19-21-12-6-3-7-13-21/h2-7,10-13,22-24,31H,8-9,14-19H2,1H3,(H,28,34)(H,29,32)/t22-,23?,24+/m1/s1. The largest absolute Gasteiger partial charge is 0.445 e. The van der Waals surface area contributed by atoms with Crippen LogP contribution in [0.2, 0.25) is 0 Å². The minimum Gasteiger partial charge on any atom is -0.445 e. The Morgan fingerprint density at radius 1 is 1.03 bits per heavy atom. The molecule has 0 radical (unpaired) electrons. The van der Waals surface area contributed by atoms with Gasteiger partial charge in [0.25, 0.3) is 0 Å². The van der Waals surface area contributed by atoms with Crippen LogP contribution in [-0.4, -0.2) is 66.5 Å². The van der Waals surface area contributed by atoms with Gasteiger partial charge in [-0.25, -0.2) is 4.79 Å². The zero-order chi connectivity index (χ0) is 25.8. The first-order valence-electron chi connectivity index (χ1n) is 12.3. The first-order chi connectivity index (χ1) is 17.5. The molecule has 0 aromatic heterocycles. The molecule has 1 heterocycles. The summed E-state index contributed by atoms with van der Waals surface area (Å²) in [6.07, 6.45) is 0.618. The second-order valence-electron chi connectivity index (χ2n) is 8.80. The zero-order valence-corrected chi connectivity index (χ0v) is 20.6. The maximum Gasteiger partial charge on any atom is 0.408 e. The minimum absolute atomic E-state index is 0.0780. The summed E-state index contributed by atoms with van der Waals surface area (Å²) in [5.41, 5.74) is 1.70. The molecule has 3 atom stereocenters. The maximum atomic E-state index is 13.6. The number of nitrogens with zero attached hydrogens (tertiary/aromatic N) is 1. The molecule has 3 amide bonds. The Hall–Kier alpha value is -3.43. The number of aliphatic hydroxyl groups excluding tert-OH is 1. The van der Waals surface area contributed by atoms with Crippen LogP contribution in [0, 0.1) is 0 Å². The van der Waals surface area contributed by atoms with Crippen molar-refractivity contribution in [2.24, 2.45) is 0 Å². The lowest BCUT2D eigenvalue weighted by atomic mass is 10.0. The molecule has 194 valence electrons. The van der Waals surface area contributed by atoms with Crippen molar-refractivity contribution in [3.63, 3.8) is 0 Å². The lowest BCUT2D eigenvalue weighted by molar-refractivity contribution is -0.141. The summed E-state index contributed by atoms with van der Waals surface area (Å²) in [5.74, 6) is -0.766. The van der Waals surface area contributed by atoms with Crippen molar-refractivity contribution in [3.05, 3.63) is 71.8 Å². The van der Waals surface area contributed by atoms with E-state index in [1.54, 1.807) is 7.11 Å². The normalized spacial score (nSPS) is 16.7. The highest BCUT2D eigenvalue weighted by molar-refractivity contribution is 5.92. The van der Waals surface area contributed by atoms with Gasteiger partial charge < -0.3 is 30.1 Å². The maximum absolute atomic E-state index is 13.6. The number of likely N-dealkylation sites (tertiary alicyclic amines) is 1. The molecule has 3 rings (SSSR count). The molecule has 0 saturated carbocycles. The molecule has 0 aliphatic carbocycles. The summed E-state index contributed by atoms with van der Waals surface area (Å²) in [6, 6.07) is 17.0. The number of hydrogen-bond donors (Lipinski definition) is 3. The average Bonchev–Trinajstić information content (AvgIpc) is 3.38. The van der Waals surface area contributed by atoms with Gasteiger partial charge in [-0.3, -0.25) is 9.59 Å². The molecule has 1 fully saturated rings. The van der Waals surface area contributed by atoms with E-state index in [0.717, 1.165) is 11.1 Å². The van der Waals surface area contributed by atoms with Crippen LogP contribution in [0.25, 0.3) is 0 Å². The summed E-state index contributed by atoms with van der Waals surface area (Å²) in [7, 11) is 1.57. The van der Waals surface area contributed by atoms with Gasteiger partial charge in [-0.2, -0.15) is 0 Å². The second kappa shape index (κ2) is 14.2. The molecular weight excluding hydrogens is 462 g/mol. The number of rotatable bonds is 12. The van der Waals surface area contributed by atoms with Crippen molar-refractivity contribution < 1.29 is 29.0 Å². The lowest BCUT2D eigenvalue weighted by Crippen LogP contribution is -2.55. The number of methoxy groups -OCH3 is 1. The monoisotopic (exact) mass is 497 g/mol. The minimum atomic E-state index is -1.02. The van der Waals surface area contributed by atoms with Gasteiger partial charge in [0.15, 0.2) is 0 Å². The van der Waals surface area contributed by atoms with Crippen LogP contribution in [0.3, 0.4) is 0 Å². The Bertz CT molecular complexity index is 972. The zero-order valence-electron chi connectivity index (χ0n) is 20.6. The van der Waals surface area contributed by atoms with E-state index >= 15 is 0 Å². The van der Waals surface area contributed by atoms with Crippen molar-refractivity contribution in [2.75, 3.05) is 20.3 Å². The molecular formula is C27H35N3O6. The number of alkyl carbamates (subject to hydrolysis) is 1. The number of benzene rings is 2. The lowest BCUT2D eigenvalue weighted by Gasteiger charge is -2.29. The number of aliphatic hydroxyl groups is 1.